The Labute approximate surface area is 220 Å². The van der Waals surface area contributed by atoms with E-state index in [1.54, 1.807) is 6.20 Å². The van der Waals surface area contributed by atoms with Crippen molar-refractivity contribution < 1.29 is 24.3 Å². The molecule has 0 aliphatic carbocycles. The summed E-state index contributed by atoms with van der Waals surface area (Å²) in [6.45, 7) is 2.49. The number of carbonyl (C=O) groups is 4. The first-order chi connectivity index (χ1) is 18.2. The number of hydrogen-bond donors (Lipinski definition) is 8. The minimum Gasteiger partial charge on any atom is -0.480 e. The largest absolute Gasteiger partial charge is 0.480 e. The second-order valence-corrected chi connectivity index (χ2v) is 9.35. The number of carbonyl (C=O) groups excluding carboxylic acids is 3. The average molecular weight is 529 g/mol. The van der Waals surface area contributed by atoms with Gasteiger partial charge in [0, 0.05) is 30.1 Å². The van der Waals surface area contributed by atoms with Gasteiger partial charge in [0.15, 0.2) is 5.96 Å². The van der Waals surface area contributed by atoms with Gasteiger partial charge in [-0.2, -0.15) is 0 Å². The SMILES string of the molecule is CC(NC(=O)C1CCCN1)C(=O)NC(Cc1c[nH]c2ccccc12)C(=O)NC(CCCN=C(N)N)C(=O)O. The van der Waals surface area contributed by atoms with E-state index in [9.17, 15) is 24.3 Å². The number of guanidine groups is 1. The van der Waals surface area contributed by atoms with E-state index >= 15 is 0 Å². The summed E-state index contributed by atoms with van der Waals surface area (Å²) in [4.78, 5) is 57.5. The summed E-state index contributed by atoms with van der Waals surface area (Å²) in [5.41, 5.74) is 12.2. The Morgan fingerprint density at radius 1 is 1.11 bits per heavy atom. The lowest BCUT2D eigenvalue weighted by Gasteiger charge is -2.24. The minimum atomic E-state index is -1.22. The number of aromatic nitrogens is 1. The van der Waals surface area contributed by atoms with Crippen molar-refractivity contribution in [3.05, 3.63) is 36.0 Å². The molecule has 10 N–H and O–H groups in total. The molecule has 38 heavy (non-hydrogen) atoms. The zero-order chi connectivity index (χ0) is 27.7. The van der Waals surface area contributed by atoms with Crippen LogP contribution in [0.2, 0.25) is 0 Å². The highest BCUT2D eigenvalue weighted by molar-refractivity contribution is 5.94. The van der Waals surface area contributed by atoms with Crippen LogP contribution in [0.1, 0.15) is 38.2 Å². The number of para-hydroxylation sites is 1. The number of amides is 3. The van der Waals surface area contributed by atoms with Gasteiger partial charge in [-0.1, -0.05) is 18.2 Å². The van der Waals surface area contributed by atoms with E-state index in [1.165, 1.54) is 6.92 Å². The number of carboxylic acid groups (broad SMARTS) is 1. The third-order valence-electron chi connectivity index (χ3n) is 6.42. The van der Waals surface area contributed by atoms with Gasteiger partial charge < -0.3 is 42.8 Å². The molecule has 1 aliphatic rings. The molecule has 1 saturated heterocycles. The van der Waals surface area contributed by atoms with Crippen LogP contribution in [-0.2, 0) is 25.6 Å². The number of H-pyrrole nitrogens is 1. The van der Waals surface area contributed by atoms with Crippen molar-refractivity contribution in [2.24, 2.45) is 16.5 Å². The molecule has 0 saturated carbocycles. The third kappa shape index (κ3) is 7.93. The normalized spacial score (nSPS) is 17.2. The van der Waals surface area contributed by atoms with Crippen molar-refractivity contribution in [2.75, 3.05) is 13.1 Å². The Morgan fingerprint density at radius 3 is 2.53 bits per heavy atom. The summed E-state index contributed by atoms with van der Waals surface area (Å²) in [5, 5.41) is 21.5. The average Bonchev–Trinajstić information content (AvgIpc) is 3.56. The van der Waals surface area contributed by atoms with Crippen LogP contribution in [-0.4, -0.2) is 77.0 Å². The molecule has 13 nitrogen and oxygen atoms in total. The fourth-order valence-corrected chi connectivity index (χ4v) is 4.35. The molecule has 1 aromatic heterocycles. The van der Waals surface area contributed by atoms with Gasteiger partial charge in [-0.05, 0) is 50.8 Å². The maximum atomic E-state index is 13.3. The van der Waals surface area contributed by atoms with E-state index in [1.807, 2.05) is 24.3 Å². The molecular formula is C25H36N8O5. The summed E-state index contributed by atoms with van der Waals surface area (Å²) in [6, 6.07) is 3.95. The second kappa shape index (κ2) is 13.4. The second-order valence-electron chi connectivity index (χ2n) is 9.35. The Kier molecular flexibility index (Phi) is 10.0. The number of fused-ring (bicyclic) bond motifs is 1. The van der Waals surface area contributed by atoms with E-state index in [0.29, 0.717) is 12.8 Å². The Morgan fingerprint density at radius 2 is 1.84 bits per heavy atom. The van der Waals surface area contributed by atoms with E-state index in [2.05, 4.69) is 31.2 Å². The maximum absolute atomic E-state index is 13.3. The first-order valence-corrected chi connectivity index (χ1v) is 12.6. The highest BCUT2D eigenvalue weighted by Crippen LogP contribution is 2.19. The van der Waals surface area contributed by atoms with Crippen LogP contribution < -0.4 is 32.7 Å². The first-order valence-electron chi connectivity index (χ1n) is 12.6. The van der Waals surface area contributed by atoms with E-state index in [-0.39, 0.29) is 37.3 Å². The first kappa shape index (κ1) is 28.4. The van der Waals surface area contributed by atoms with Gasteiger partial charge in [0.1, 0.15) is 18.1 Å². The molecule has 0 bridgehead atoms. The molecule has 1 fully saturated rings. The molecule has 13 heteroatoms. The maximum Gasteiger partial charge on any atom is 0.326 e. The number of carboxylic acids is 1. The number of rotatable bonds is 13. The summed E-state index contributed by atoms with van der Waals surface area (Å²) in [5.74, 6) is -2.82. The number of aliphatic carboxylic acids is 1. The number of hydrogen-bond acceptors (Lipinski definition) is 6. The van der Waals surface area contributed by atoms with Crippen molar-refractivity contribution in [1.29, 1.82) is 0 Å². The fourth-order valence-electron chi connectivity index (χ4n) is 4.35. The van der Waals surface area contributed by atoms with Gasteiger partial charge in [-0.3, -0.25) is 19.4 Å². The zero-order valence-corrected chi connectivity index (χ0v) is 21.3. The number of aromatic amines is 1. The minimum absolute atomic E-state index is 0.0897. The summed E-state index contributed by atoms with van der Waals surface area (Å²) in [6.07, 6.45) is 3.83. The molecule has 206 valence electrons. The number of nitrogens with one attached hydrogen (secondary N) is 5. The molecule has 0 spiro atoms. The molecule has 2 heterocycles. The molecule has 2 aromatic rings. The van der Waals surface area contributed by atoms with Gasteiger partial charge in [-0.25, -0.2) is 4.79 Å². The molecule has 4 unspecified atom stereocenters. The van der Waals surface area contributed by atoms with Crippen LogP contribution in [0.3, 0.4) is 0 Å². The van der Waals surface area contributed by atoms with Crippen molar-refractivity contribution in [2.45, 2.75) is 63.2 Å². The molecule has 4 atom stereocenters. The van der Waals surface area contributed by atoms with Crippen LogP contribution in [0.5, 0.6) is 0 Å². The highest BCUT2D eigenvalue weighted by Gasteiger charge is 2.30. The lowest BCUT2D eigenvalue weighted by atomic mass is 10.0. The van der Waals surface area contributed by atoms with Gasteiger partial charge >= 0.3 is 5.97 Å². The van der Waals surface area contributed by atoms with Gasteiger partial charge in [0.2, 0.25) is 17.7 Å². The lowest BCUT2D eigenvalue weighted by molar-refractivity contribution is -0.142. The smallest absolute Gasteiger partial charge is 0.326 e. The van der Waals surface area contributed by atoms with Crippen molar-refractivity contribution in [3.63, 3.8) is 0 Å². The molecule has 1 aromatic carbocycles. The third-order valence-corrected chi connectivity index (χ3v) is 6.42. The highest BCUT2D eigenvalue weighted by atomic mass is 16.4. The van der Waals surface area contributed by atoms with Crippen molar-refractivity contribution >= 4 is 40.6 Å². The quantitative estimate of drug-likeness (QED) is 0.0921. The van der Waals surface area contributed by atoms with Crippen LogP contribution >= 0.6 is 0 Å². The van der Waals surface area contributed by atoms with Crippen LogP contribution in [0.15, 0.2) is 35.5 Å². The lowest BCUT2D eigenvalue weighted by Crippen LogP contribution is -2.56. The van der Waals surface area contributed by atoms with Crippen LogP contribution in [0, 0.1) is 0 Å². The molecule has 3 rings (SSSR count). The monoisotopic (exact) mass is 528 g/mol. The van der Waals surface area contributed by atoms with Crippen LogP contribution in [0.25, 0.3) is 10.9 Å². The van der Waals surface area contributed by atoms with E-state index < -0.39 is 35.9 Å². The van der Waals surface area contributed by atoms with Crippen molar-refractivity contribution in [3.8, 4) is 0 Å². The summed E-state index contributed by atoms with van der Waals surface area (Å²) in [7, 11) is 0. The molecule has 1 aliphatic heterocycles. The Hall–Kier alpha value is -4.13. The van der Waals surface area contributed by atoms with Gasteiger partial charge in [0.05, 0.1) is 6.04 Å². The number of nitrogens with two attached hydrogens (primary N) is 2. The molecular weight excluding hydrogens is 492 g/mol. The van der Waals surface area contributed by atoms with E-state index in [0.717, 1.165) is 29.4 Å². The van der Waals surface area contributed by atoms with E-state index in [4.69, 9.17) is 11.5 Å². The predicted molar refractivity (Wildman–Crippen MR) is 142 cm³/mol. The summed E-state index contributed by atoms with van der Waals surface area (Å²) >= 11 is 0. The molecule has 3 amide bonds. The Bertz CT molecular complexity index is 1170. The number of benzene rings is 1. The zero-order valence-electron chi connectivity index (χ0n) is 21.3. The van der Waals surface area contributed by atoms with Gasteiger partial charge in [-0.15, -0.1) is 0 Å². The topological polar surface area (TPSA) is 217 Å². The number of aliphatic imine (C=N–C) groups is 1. The predicted octanol–water partition coefficient (Wildman–Crippen LogP) is -0.925. The van der Waals surface area contributed by atoms with Gasteiger partial charge in [0.25, 0.3) is 0 Å². The van der Waals surface area contributed by atoms with Crippen molar-refractivity contribution in [1.82, 2.24) is 26.3 Å². The number of nitrogens with zero attached hydrogens (tertiary/aromatic N) is 1. The standard InChI is InChI=1S/C25H36N8O5/c1-14(31-22(35)18-8-4-10-28-18)21(34)33-20(12-15-13-30-17-7-3-2-6-16(15)17)23(36)32-19(24(37)38)9-5-11-29-25(26)27/h2-3,6-7,13-14,18-20,28,30H,4-5,8-12H2,1H3,(H,31,35)(H,32,36)(H,33,34)(H,37,38)(H4,26,27,29). The summed E-state index contributed by atoms with van der Waals surface area (Å²) < 4.78 is 0. The fraction of sp³-hybridized carbons (Fsp3) is 0.480. The van der Waals surface area contributed by atoms with Crippen LogP contribution in [0.4, 0.5) is 0 Å². The molecule has 0 radical (unpaired) electrons. The Balaban J connectivity index is 1.72.